The number of fused-ring (bicyclic) bond motifs is 1. The van der Waals surface area contributed by atoms with Crippen molar-refractivity contribution < 1.29 is 14.3 Å². The minimum atomic E-state index is -0.226. The first-order valence-corrected chi connectivity index (χ1v) is 8.46. The maximum Gasteiger partial charge on any atom is 0.310 e. The van der Waals surface area contributed by atoms with E-state index in [1.807, 2.05) is 62.4 Å². The van der Waals surface area contributed by atoms with Gasteiger partial charge in [0.15, 0.2) is 0 Å². The topological polar surface area (TPSA) is 67.9 Å². The van der Waals surface area contributed by atoms with Gasteiger partial charge in [-0.05, 0) is 38.1 Å². The second-order valence-corrected chi connectivity index (χ2v) is 5.91. The summed E-state index contributed by atoms with van der Waals surface area (Å²) in [7, 11) is 0. The van der Waals surface area contributed by atoms with Gasteiger partial charge in [0, 0.05) is 16.8 Å². The van der Waals surface area contributed by atoms with Crippen LogP contribution in [0.2, 0.25) is 0 Å². The second kappa shape index (κ2) is 6.52. The van der Waals surface area contributed by atoms with Gasteiger partial charge < -0.3 is 14.3 Å². The van der Waals surface area contributed by atoms with Crippen molar-refractivity contribution in [3.63, 3.8) is 0 Å². The fourth-order valence-electron chi connectivity index (χ4n) is 3.01. The molecule has 1 aromatic heterocycles. The fraction of sp³-hybridized carbons (Fsp3) is 0.143. The Morgan fingerprint density at radius 3 is 2.62 bits per heavy atom. The summed E-state index contributed by atoms with van der Waals surface area (Å²) in [6.07, 6.45) is 1.80. The van der Waals surface area contributed by atoms with Gasteiger partial charge in [-0.2, -0.15) is 0 Å². The first-order valence-electron chi connectivity index (χ1n) is 8.46. The number of aromatic hydroxyl groups is 1. The van der Waals surface area contributed by atoms with Gasteiger partial charge in [-0.3, -0.25) is 4.99 Å². The van der Waals surface area contributed by atoms with E-state index >= 15 is 0 Å². The van der Waals surface area contributed by atoms with Crippen molar-refractivity contribution in [3.8, 4) is 23.1 Å². The number of rotatable bonds is 4. The van der Waals surface area contributed by atoms with Crippen LogP contribution in [-0.4, -0.2) is 22.4 Å². The van der Waals surface area contributed by atoms with Crippen LogP contribution in [0, 0.1) is 0 Å². The molecule has 1 aliphatic rings. The Hall–Kier alpha value is -3.34. The maximum atomic E-state index is 10.3. The summed E-state index contributed by atoms with van der Waals surface area (Å²) >= 11 is 0. The molecule has 3 aromatic rings. The van der Waals surface area contributed by atoms with Crippen molar-refractivity contribution in [1.29, 1.82) is 0 Å². The van der Waals surface area contributed by atoms with Gasteiger partial charge >= 0.3 is 5.95 Å². The van der Waals surface area contributed by atoms with Crippen molar-refractivity contribution in [2.75, 3.05) is 6.61 Å². The molecule has 0 bridgehead atoms. The van der Waals surface area contributed by atoms with Crippen LogP contribution in [0.4, 0.5) is 5.69 Å². The first-order chi connectivity index (χ1) is 12.7. The average Bonchev–Trinajstić information content (AvgIpc) is 3.16. The largest absolute Gasteiger partial charge is 0.493 e. The van der Waals surface area contributed by atoms with Crippen LogP contribution in [0.3, 0.4) is 0 Å². The predicted octanol–water partition coefficient (Wildman–Crippen LogP) is 5.09. The lowest BCUT2D eigenvalue weighted by Gasteiger charge is -2.06. The SMILES string of the molecule is CCOc1ccccc1-c1nc(/C=C2/C(C)=Nc3ccccc32)c(O)o1. The molecular formula is C21H18N2O3. The molecule has 130 valence electrons. The summed E-state index contributed by atoms with van der Waals surface area (Å²) in [4.78, 5) is 9.02. The third kappa shape index (κ3) is 2.77. The van der Waals surface area contributed by atoms with Gasteiger partial charge in [0.2, 0.25) is 5.89 Å². The van der Waals surface area contributed by atoms with E-state index in [-0.39, 0.29) is 5.95 Å². The van der Waals surface area contributed by atoms with E-state index in [1.165, 1.54) is 0 Å². The number of oxazole rings is 1. The van der Waals surface area contributed by atoms with Crippen LogP contribution in [-0.2, 0) is 0 Å². The number of hydrogen-bond acceptors (Lipinski definition) is 5. The zero-order valence-corrected chi connectivity index (χ0v) is 14.6. The molecule has 0 radical (unpaired) electrons. The molecule has 2 aromatic carbocycles. The molecule has 0 atom stereocenters. The van der Waals surface area contributed by atoms with Gasteiger partial charge in [-0.25, -0.2) is 4.98 Å². The van der Waals surface area contributed by atoms with Gasteiger partial charge in [-0.15, -0.1) is 0 Å². The molecule has 0 aliphatic carbocycles. The Kier molecular flexibility index (Phi) is 4.05. The smallest absolute Gasteiger partial charge is 0.310 e. The molecule has 1 N–H and O–H groups in total. The fourth-order valence-corrected chi connectivity index (χ4v) is 3.01. The summed E-state index contributed by atoms with van der Waals surface area (Å²) in [5.41, 5.74) is 4.81. The van der Waals surface area contributed by atoms with Gasteiger partial charge in [0.25, 0.3) is 0 Å². The summed E-state index contributed by atoms with van der Waals surface area (Å²) in [5, 5.41) is 10.3. The standard InChI is InChI=1S/C21H18N2O3/c1-3-25-19-11-7-5-9-15(19)20-23-18(21(24)26-20)12-16-13(2)22-17-10-6-4-8-14(16)17/h4-12,24H,3H2,1-2H3/b16-12-. The molecule has 26 heavy (non-hydrogen) atoms. The highest BCUT2D eigenvalue weighted by atomic mass is 16.5. The van der Waals surface area contributed by atoms with E-state index < -0.39 is 0 Å². The van der Waals surface area contributed by atoms with Crippen LogP contribution in [0.5, 0.6) is 11.7 Å². The van der Waals surface area contributed by atoms with Crippen LogP contribution < -0.4 is 4.74 Å². The predicted molar refractivity (Wildman–Crippen MR) is 102 cm³/mol. The van der Waals surface area contributed by atoms with E-state index in [2.05, 4.69) is 9.98 Å². The first kappa shape index (κ1) is 16.1. The Labute approximate surface area is 151 Å². The highest BCUT2D eigenvalue weighted by Crippen LogP contribution is 2.38. The lowest BCUT2D eigenvalue weighted by atomic mass is 10.0. The maximum absolute atomic E-state index is 10.3. The summed E-state index contributed by atoms with van der Waals surface area (Å²) < 4.78 is 11.1. The number of ether oxygens (including phenoxy) is 1. The molecule has 0 unspecified atom stereocenters. The minimum absolute atomic E-state index is 0.226. The summed E-state index contributed by atoms with van der Waals surface area (Å²) in [6, 6.07) is 15.3. The highest BCUT2D eigenvalue weighted by molar-refractivity contribution is 6.31. The molecule has 0 amide bonds. The lowest BCUT2D eigenvalue weighted by Crippen LogP contribution is -1.94. The number of para-hydroxylation sites is 2. The van der Waals surface area contributed by atoms with Crippen LogP contribution in [0.25, 0.3) is 23.1 Å². The zero-order valence-electron chi connectivity index (χ0n) is 14.6. The average molecular weight is 346 g/mol. The molecule has 1 aliphatic heterocycles. The number of aliphatic imine (C=N–C) groups is 1. The monoisotopic (exact) mass is 346 g/mol. The Bertz CT molecular complexity index is 1030. The van der Waals surface area contributed by atoms with E-state index in [0.29, 0.717) is 29.5 Å². The third-order valence-electron chi connectivity index (χ3n) is 4.20. The normalized spacial score (nSPS) is 14.4. The molecule has 5 nitrogen and oxygen atoms in total. The second-order valence-electron chi connectivity index (χ2n) is 5.91. The van der Waals surface area contributed by atoms with Crippen molar-refractivity contribution in [1.82, 2.24) is 4.98 Å². The van der Waals surface area contributed by atoms with Crippen molar-refractivity contribution in [2.45, 2.75) is 13.8 Å². The molecule has 5 heteroatoms. The Morgan fingerprint density at radius 2 is 1.81 bits per heavy atom. The van der Waals surface area contributed by atoms with E-state index in [0.717, 1.165) is 22.5 Å². The molecule has 0 saturated heterocycles. The Morgan fingerprint density at radius 1 is 1.08 bits per heavy atom. The van der Waals surface area contributed by atoms with E-state index in [9.17, 15) is 5.11 Å². The van der Waals surface area contributed by atoms with E-state index in [1.54, 1.807) is 6.08 Å². The van der Waals surface area contributed by atoms with Crippen molar-refractivity contribution >= 4 is 23.0 Å². The molecule has 0 saturated carbocycles. The number of aromatic nitrogens is 1. The molecule has 4 rings (SSSR count). The number of hydrogen-bond donors (Lipinski definition) is 1. The van der Waals surface area contributed by atoms with Crippen LogP contribution in [0.15, 0.2) is 57.9 Å². The molecule has 2 heterocycles. The molecule has 0 fully saturated rings. The van der Waals surface area contributed by atoms with Gasteiger partial charge in [0.1, 0.15) is 11.4 Å². The number of nitrogens with zero attached hydrogens (tertiary/aromatic N) is 2. The molecule has 0 spiro atoms. The van der Waals surface area contributed by atoms with Gasteiger partial charge in [-0.1, -0.05) is 30.3 Å². The summed E-state index contributed by atoms with van der Waals surface area (Å²) in [5.74, 6) is 0.759. The zero-order chi connectivity index (χ0) is 18.1. The van der Waals surface area contributed by atoms with Crippen LogP contribution >= 0.6 is 0 Å². The van der Waals surface area contributed by atoms with Crippen LogP contribution in [0.1, 0.15) is 25.1 Å². The van der Waals surface area contributed by atoms with Crippen molar-refractivity contribution in [2.24, 2.45) is 4.99 Å². The summed E-state index contributed by atoms with van der Waals surface area (Å²) in [6.45, 7) is 4.39. The Balaban J connectivity index is 1.76. The minimum Gasteiger partial charge on any atom is -0.493 e. The number of benzene rings is 2. The van der Waals surface area contributed by atoms with E-state index in [4.69, 9.17) is 9.15 Å². The lowest BCUT2D eigenvalue weighted by molar-refractivity contribution is 0.329. The highest BCUT2D eigenvalue weighted by Gasteiger charge is 2.21. The number of allylic oxidation sites excluding steroid dienone is 1. The third-order valence-corrected chi connectivity index (χ3v) is 4.20. The van der Waals surface area contributed by atoms with Crippen molar-refractivity contribution in [3.05, 3.63) is 59.8 Å². The molecular weight excluding hydrogens is 328 g/mol. The quantitative estimate of drug-likeness (QED) is 0.714. The van der Waals surface area contributed by atoms with Gasteiger partial charge in [0.05, 0.1) is 17.9 Å².